The molecule has 1 N–H and O–H groups in total. The molecule has 166 valence electrons. The number of benzene rings is 1. The quantitative estimate of drug-likeness (QED) is 0.709. The molecule has 7 nitrogen and oxygen atoms in total. The molecular formula is C23H35N2O5+. The number of fused-ring (bicyclic) bond motifs is 1. The van der Waals surface area contributed by atoms with Crippen molar-refractivity contribution in [1.29, 1.82) is 0 Å². The number of rotatable bonds is 6. The molecule has 1 aromatic carbocycles. The van der Waals surface area contributed by atoms with Gasteiger partial charge in [0.1, 0.15) is 12.5 Å². The van der Waals surface area contributed by atoms with Crippen LogP contribution in [-0.2, 0) is 20.7 Å². The topological polar surface area (TPSA) is 69.5 Å². The van der Waals surface area contributed by atoms with E-state index in [1.165, 1.54) is 26.4 Å². The molecule has 0 bridgehead atoms. The second kappa shape index (κ2) is 10.7. The van der Waals surface area contributed by atoms with Crippen LogP contribution < -0.4 is 14.4 Å². The Labute approximate surface area is 179 Å². The summed E-state index contributed by atoms with van der Waals surface area (Å²) in [6, 6.07) is 3.82. The van der Waals surface area contributed by atoms with E-state index >= 15 is 0 Å². The van der Waals surface area contributed by atoms with Gasteiger partial charge in [0.15, 0.2) is 18.0 Å². The maximum atomic E-state index is 13.1. The van der Waals surface area contributed by atoms with E-state index in [9.17, 15) is 9.59 Å². The lowest BCUT2D eigenvalue weighted by Gasteiger charge is -2.35. The van der Waals surface area contributed by atoms with E-state index in [1.807, 2.05) is 17.0 Å². The minimum absolute atomic E-state index is 0.139. The molecule has 7 heteroatoms. The number of carbonyl (C=O) groups is 2. The largest absolute Gasteiger partial charge is 0.493 e. The maximum Gasteiger partial charge on any atom is 0.311 e. The van der Waals surface area contributed by atoms with Crippen molar-refractivity contribution in [3.63, 3.8) is 0 Å². The predicted octanol–water partition coefficient (Wildman–Crippen LogP) is 1.54. The molecule has 2 aliphatic rings. The lowest BCUT2D eigenvalue weighted by atomic mass is 9.90. The Morgan fingerprint density at radius 1 is 1.00 bits per heavy atom. The molecule has 1 unspecified atom stereocenters. The first kappa shape index (κ1) is 22.4. The van der Waals surface area contributed by atoms with E-state index in [0.717, 1.165) is 54.9 Å². The summed E-state index contributed by atoms with van der Waals surface area (Å²) >= 11 is 0. The van der Waals surface area contributed by atoms with Gasteiger partial charge >= 0.3 is 5.97 Å². The maximum absolute atomic E-state index is 13.1. The van der Waals surface area contributed by atoms with Crippen molar-refractivity contribution in [2.75, 3.05) is 47.5 Å². The highest BCUT2D eigenvalue weighted by atomic mass is 16.5. The minimum atomic E-state index is -0.265. The summed E-state index contributed by atoms with van der Waals surface area (Å²) in [7, 11) is 4.64. The van der Waals surface area contributed by atoms with Gasteiger partial charge in [0.25, 0.3) is 5.91 Å². The molecule has 2 heterocycles. The first-order valence-corrected chi connectivity index (χ1v) is 11.0. The van der Waals surface area contributed by atoms with Gasteiger partial charge in [0.05, 0.1) is 27.9 Å². The summed E-state index contributed by atoms with van der Waals surface area (Å²) in [6.45, 7) is 2.88. The van der Waals surface area contributed by atoms with Gasteiger partial charge in [-0.2, -0.15) is 0 Å². The number of esters is 1. The molecule has 30 heavy (non-hydrogen) atoms. The Morgan fingerprint density at radius 2 is 1.63 bits per heavy atom. The molecule has 1 saturated heterocycles. The molecule has 2 aliphatic heterocycles. The Morgan fingerprint density at radius 3 is 2.27 bits per heavy atom. The number of hydrogen-bond donors (Lipinski definition) is 1. The number of nitrogens with zero attached hydrogens (tertiary/aromatic N) is 1. The van der Waals surface area contributed by atoms with Crippen LogP contribution in [0.15, 0.2) is 12.1 Å². The van der Waals surface area contributed by atoms with E-state index < -0.39 is 0 Å². The lowest BCUT2D eigenvalue weighted by Crippen LogP contribution is -3.14. The highest BCUT2D eigenvalue weighted by Crippen LogP contribution is 2.35. The first-order chi connectivity index (χ1) is 14.6. The highest BCUT2D eigenvalue weighted by molar-refractivity contribution is 5.77. The molecule has 1 fully saturated rings. The van der Waals surface area contributed by atoms with Crippen molar-refractivity contribution >= 4 is 11.9 Å². The minimum Gasteiger partial charge on any atom is -0.493 e. The molecule has 1 aromatic rings. The van der Waals surface area contributed by atoms with Crippen LogP contribution in [0.25, 0.3) is 0 Å². The van der Waals surface area contributed by atoms with Crippen LogP contribution in [0.1, 0.15) is 55.7 Å². The fraction of sp³-hybridized carbons (Fsp3) is 0.652. The average molecular weight is 420 g/mol. The molecule has 0 spiro atoms. The van der Waals surface area contributed by atoms with Gasteiger partial charge in [-0.25, -0.2) is 0 Å². The second-order valence-electron chi connectivity index (χ2n) is 8.22. The zero-order chi connectivity index (χ0) is 21.5. The zero-order valence-corrected chi connectivity index (χ0v) is 18.5. The van der Waals surface area contributed by atoms with E-state index in [4.69, 9.17) is 14.2 Å². The molecular weight excluding hydrogens is 384 g/mol. The fourth-order valence-electron chi connectivity index (χ4n) is 4.69. The lowest BCUT2D eigenvalue weighted by molar-refractivity contribution is -0.926. The number of ether oxygens (including phenoxy) is 3. The number of nitrogens with one attached hydrogen (secondary N) is 1. The molecule has 0 radical (unpaired) electrons. The number of quaternary nitrogens is 1. The van der Waals surface area contributed by atoms with Gasteiger partial charge in [-0.15, -0.1) is 0 Å². The normalized spacial score (nSPS) is 21.8. The monoisotopic (exact) mass is 419 g/mol. The molecule has 0 aliphatic carbocycles. The third-order valence-electron chi connectivity index (χ3n) is 6.41. The summed E-state index contributed by atoms with van der Waals surface area (Å²) in [5.74, 6) is 1.25. The van der Waals surface area contributed by atoms with Crippen molar-refractivity contribution in [2.45, 2.75) is 51.0 Å². The van der Waals surface area contributed by atoms with Crippen LogP contribution >= 0.6 is 0 Å². The van der Waals surface area contributed by atoms with Crippen LogP contribution in [0.4, 0.5) is 0 Å². The Bertz CT molecular complexity index is 743. The van der Waals surface area contributed by atoms with Gasteiger partial charge in [-0.3, -0.25) is 9.59 Å². The number of likely N-dealkylation sites (tertiary alicyclic amines) is 1. The van der Waals surface area contributed by atoms with Crippen molar-refractivity contribution in [3.05, 3.63) is 23.3 Å². The molecule has 1 amide bonds. The molecule has 0 aromatic heterocycles. The number of methoxy groups -OCH3 is 3. The van der Waals surface area contributed by atoms with E-state index in [1.54, 1.807) is 14.2 Å². The Kier molecular flexibility index (Phi) is 7.96. The fourth-order valence-corrected chi connectivity index (χ4v) is 4.69. The van der Waals surface area contributed by atoms with Gasteiger partial charge in [0, 0.05) is 25.1 Å². The standard InChI is InChI=1S/C23H34N2O5/c1-28-20-13-17-9-12-25(16-22(26)24-10-7-5-4-6-8-11-24)19(15-23(27)30-3)18(17)14-21(20)29-2/h13-14,19H,4-12,15-16H2,1-3H3/p+1/t19-/m0/s1. The van der Waals surface area contributed by atoms with Gasteiger partial charge in [-0.1, -0.05) is 19.3 Å². The van der Waals surface area contributed by atoms with Gasteiger partial charge in [-0.05, 0) is 30.5 Å². The smallest absolute Gasteiger partial charge is 0.311 e. The van der Waals surface area contributed by atoms with Crippen molar-refractivity contribution in [3.8, 4) is 11.5 Å². The third-order valence-corrected chi connectivity index (χ3v) is 6.41. The molecule has 2 atom stereocenters. The summed E-state index contributed by atoms with van der Waals surface area (Å²) < 4.78 is 15.9. The number of hydrogen-bond acceptors (Lipinski definition) is 5. The second-order valence-corrected chi connectivity index (χ2v) is 8.22. The first-order valence-electron chi connectivity index (χ1n) is 11.0. The Hall–Kier alpha value is -2.28. The molecule has 0 saturated carbocycles. The highest BCUT2D eigenvalue weighted by Gasteiger charge is 2.36. The summed E-state index contributed by atoms with van der Waals surface area (Å²) in [4.78, 5) is 28.4. The van der Waals surface area contributed by atoms with Gasteiger partial charge < -0.3 is 24.0 Å². The van der Waals surface area contributed by atoms with Crippen molar-refractivity contribution in [2.24, 2.45) is 0 Å². The zero-order valence-electron chi connectivity index (χ0n) is 18.5. The van der Waals surface area contributed by atoms with Gasteiger partial charge in [0.2, 0.25) is 0 Å². The number of carbonyl (C=O) groups excluding carboxylic acids is 2. The van der Waals surface area contributed by atoms with Crippen molar-refractivity contribution < 1.29 is 28.7 Å². The molecule has 3 rings (SSSR count). The average Bonchev–Trinajstić information content (AvgIpc) is 2.73. The Balaban J connectivity index is 1.83. The predicted molar refractivity (Wildman–Crippen MR) is 113 cm³/mol. The van der Waals surface area contributed by atoms with Crippen LogP contribution in [-0.4, -0.2) is 64.3 Å². The van der Waals surface area contributed by atoms with Crippen molar-refractivity contribution in [1.82, 2.24) is 4.90 Å². The SMILES string of the molecule is COC(=O)C[C@H]1c2cc(OC)c(OC)cc2CC[NH+]1CC(=O)N1CCCCCCC1. The summed E-state index contributed by atoms with van der Waals surface area (Å²) in [6.07, 6.45) is 6.87. The van der Waals surface area contributed by atoms with E-state index in [2.05, 4.69) is 0 Å². The van der Waals surface area contributed by atoms with E-state index in [0.29, 0.717) is 18.0 Å². The third kappa shape index (κ3) is 5.25. The summed E-state index contributed by atoms with van der Waals surface area (Å²) in [5.41, 5.74) is 2.18. The van der Waals surface area contributed by atoms with Crippen LogP contribution in [0.3, 0.4) is 0 Å². The summed E-state index contributed by atoms with van der Waals surface area (Å²) in [5, 5.41) is 0. The van der Waals surface area contributed by atoms with Crippen LogP contribution in [0.5, 0.6) is 11.5 Å². The number of amides is 1. The van der Waals surface area contributed by atoms with Crippen LogP contribution in [0, 0.1) is 0 Å². The van der Waals surface area contributed by atoms with Crippen LogP contribution in [0.2, 0.25) is 0 Å². The van der Waals surface area contributed by atoms with E-state index in [-0.39, 0.29) is 24.3 Å².